The standard InChI is InChI=1S/C16H19N3O2/c1-2-21-13-8-4-3-6-11(13)10-14-18-12-7-5-9-17-16(20)15(12)19-14/h3-4,6,8H,2,5,7,9-10H2,1H3,(H,17,20)(H,18,19). The van der Waals surface area contributed by atoms with Crippen LogP contribution in [0.5, 0.6) is 5.75 Å². The highest BCUT2D eigenvalue weighted by Gasteiger charge is 2.20. The first-order valence-corrected chi connectivity index (χ1v) is 7.34. The number of imidazole rings is 1. The van der Waals surface area contributed by atoms with Crippen molar-refractivity contribution >= 4 is 5.91 Å². The van der Waals surface area contributed by atoms with E-state index in [1.54, 1.807) is 0 Å². The van der Waals surface area contributed by atoms with Crippen LogP contribution < -0.4 is 10.1 Å². The van der Waals surface area contributed by atoms with E-state index in [0.29, 0.717) is 25.3 Å². The van der Waals surface area contributed by atoms with Crippen molar-refractivity contribution in [2.45, 2.75) is 26.2 Å². The van der Waals surface area contributed by atoms with Crippen LogP contribution >= 0.6 is 0 Å². The van der Waals surface area contributed by atoms with Gasteiger partial charge in [0.25, 0.3) is 5.91 Å². The van der Waals surface area contributed by atoms with E-state index < -0.39 is 0 Å². The maximum atomic E-state index is 11.9. The number of benzene rings is 1. The van der Waals surface area contributed by atoms with Gasteiger partial charge in [0, 0.05) is 24.2 Å². The number of aryl methyl sites for hydroxylation is 1. The Balaban J connectivity index is 1.86. The van der Waals surface area contributed by atoms with E-state index >= 15 is 0 Å². The molecule has 0 radical (unpaired) electrons. The lowest BCUT2D eigenvalue weighted by Gasteiger charge is -2.08. The monoisotopic (exact) mass is 285 g/mol. The maximum Gasteiger partial charge on any atom is 0.271 e. The van der Waals surface area contributed by atoms with E-state index in [1.165, 1.54) is 0 Å². The van der Waals surface area contributed by atoms with Crippen molar-refractivity contribution in [3.05, 3.63) is 47.0 Å². The highest BCUT2D eigenvalue weighted by Crippen LogP contribution is 2.21. The molecule has 0 bridgehead atoms. The fraction of sp³-hybridized carbons (Fsp3) is 0.375. The molecule has 0 unspecified atom stereocenters. The van der Waals surface area contributed by atoms with Gasteiger partial charge >= 0.3 is 0 Å². The number of amides is 1. The molecule has 2 heterocycles. The van der Waals surface area contributed by atoms with E-state index in [4.69, 9.17) is 4.74 Å². The summed E-state index contributed by atoms with van der Waals surface area (Å²) < 4.78 is 5.63. The van der Waals surface area contributed by atoms with Gasteiger partial charge in [-0.2, -0.15) is 0 Å². The Morgan fingerprint density at radius 2 is 2.19 bits per heavy atom. The molecule has 5 heteroatoms. The first-order valence-electron chi connectivity index (χ1n) is 7.34. The summed E-state index contributed by atoms with van der Waals surface area (Å²) in [5.74, 6) is 1.60. The Morgan fingerprint density at radius 1 is 1.33 bits per heavy atom. The average molecular weight is 285 g/mol. The minimum absolute atomic E-state index is 0.0805. The second-order valence-electron chi connectivity index (χ2n) is 5.09. The van der Waals surface area contributed by atoms with Crippen molar-refractivity contribution in [1.29, 1.82) is 0 Å². The lowest BCUT2D eigenvalue weighted by Crippen LogP contribution is -2.23. The molecule has 1 amide bonds. The van der Waals surface area contributed by atoms with E-state index in [-0.39, 0.29) is 5.91 Å². The zero-order chi connectivity index (χ0) is 14.7. The number of carbonyl (C=O) groups is 1. The molecule has 110 valence electrons. The predicted octanol–water partition coefficient (Wildman–Crippen LogP) is 2.08. The molecule has 5 nitrogen and oxygen atoms in total. The Morgan fingerprint density at radius 3 is 3.05 bits per heavy atom. The molecule has 3 rings (SSSR count). The summed E-state index contributed by atoms with van der Waals surface area (Å²) in [6.45, 7) is 3.32. The molecule has 2 N–H and O–H groups in total. The summed E-state index contributed by atoms with van der Waals surface area (Å²) in [5, 5.41) is 2.86. The summed E-state index contributed by atoms with van der Waals surface area (Å²) in [6.07, 6.45) is 2.43. The van der Waals surface area contributed by atoms with Gasteiger partial charge in [-0.15, -0.1) is 0 Å². The summed E-state index contributed by atoms with van der Waals surface area (Å²) in [7, 11) is 0. The zero-order valence-corrected chi connectivity index (χ0v) is 12.1. The van der Waals surface area contributed by atoms with Crippen molar-refractivity contribution in [3.63, 3.8) is 0 Å². The summed E-state index contributed by atoms with van der Waals surface area (Å²) in [4.78, 5) is 19.7. The van der Waals surface area contributed by atoms with Gasteiger partial charge in [-0.3, -0.25) is 4.79 Å². The number of aromatic amines is 1. The third-order valence-electron chi connectivity index (χ3n) is 3.56. The van der Waals surface area contributed by atoms with Crippen LogP contribution in [0, 0.1) is 0 Å². The number of rotatable bonds is 4. The largest absolute Gasteiger partial charge is 0.494 e. The lowest BCUT2D eigenvalue weighted by molar-refractivity contribution is 0.0951. The Labute approximate surface area is 123 Å². The topological polar surface area (TPSA) is 67.0 Å². The molecule has 21 heavy (non-hydrogen) atoms. The molecule has 0 fully saturated rings. The normalized spacial score (nSPS) is 14.2. The van der Waals surface area contributed by atoms with Crippen molar-refractivity contribution in [2.75, 3.05) is 13.2 Å². The number of aromatic nitrogens is 2. The summed E-state index contributed by atoms with van der Waals surface area (Å²) in [6, 6.07) is 7.93. The number of H-pyrrole nitrogens is 1. The van der Waals surface area contributed by atoms with E-state index in [0.717, 1.165) is 35.7 Å². The lowest BCUT2D eigenvalue weighted by atomic mass is 10.1. The van der Waals surface area contributed by atoms with Gasteiger partial charge in [0.2, 0.25) is 0 Å². The van der Waals surface area contributed by atoms with Crippen molar-refractivity contribution < 1.29 is 9.53 Å². The molecule has 0 saturated heterocycles. The van der Waals surface area contributed by atoms with Crippen LogP contribution in [0.2, 0.25) is 0 Å². The van der Waals surface area contributed by atoms with Crippen LogP contribution in [-0.4, -0.2) is 29.0 Å². The second kappa shape index (κ2) is 5.99. The first kappa shape index (κ1) is 13.7. The quantitative estimate of drug-likeness (QED) is 0.903. The molecule has 0 saturated carbocycles. The smallest absolute Gasteiger partial charge is 0.271 e. The molecule has 0 atom stereocenters. The minimum atomic E-state index is -0.0805. The van der Waals surface area contributed by atoms with Gasteiger partial charge in [-0.1, -0.05) is 18.2 Å². The average Bonchev–Trinajstić information content (AvgIpc) is 2.81. The van der Waals surface area contributed by atoms with Crippen LogP contribution in [0.25, 0.3) is 0 Å². The van der Waals surface area contributed by atoms with Crippen LogP contribution in [0.3, 0.4) is 0 Å². The van der Waals surface area contributed by atoms with Crippen LogP contribution in [0.1, 0.15) is 40.9 Å². The number of fused-ring (bicyclic) bond motifs is 1. The molecule has 1 aromatic carbocycles. The van der Waals surface area contributed by atoms with E-state index in [9.17, 15) is 4.79 Å². The van der Waals surface area contributed by atoms with E-state index in [1.807, 2.05) is 31.2 Å². The molecule has 1 aromatic heterocycles. The van der Waals surface area contributed by atoms with E-state index in [2.05, 4.69) is 15.3 Å². The molecular formula is C16H19N3O2. The molecule has 2 aromatic rings. The van der Waals surface area contributed by atoms with Crippen molar-refractivity contribution in [3.8, 4) is 5.75 Å². The minimum Gasteiger partial charge on any atom is -0.494 e. The Hall–Kier alpha value is -2.30. The number of hydrogen-bond donors (Lipinski definition) is 2. The number of carbonyl (C=O) groups excluding carboxylic acids is 1. The molecular weight excluding hydrogens is 266 g/mol. The van der Waals surface area contributed by atoms with Crippen LogP contribution in [0.15, 0.2) is 24.3 Å². The van der Waals surface area contributed by atoms with Gasteiger partial charge in [-0.25, -0.2) is 4.98 Å². The number of para-hydroxylation sites is 1. The highest BCUT2D eigenvalue weighted by molar-refractivity contribution is 5.93. The maximum absolute atomic E-state index is 11.9. The SMILES string of the molecule is CCOc1ccccc1Cc1nc2c([nH]1)CCCNC2=O. The van der Waals surface area contributed by atoms with Crippen LogP contribution in [0.4, 0.5) is 0 Å². The molecule has 0 spiro atoms. The molecule has 1 aliphatic heterocycles. The number of ether oxygens (including phenoxy) is 1. The Kier molecular flexibility index (Phi) is 3.90. The Bertz CT molecular complexity index is 649. The third kappa shape index (κ3) is 2.91. The number of nitrogens with zero attached hydrogens (tertiary/aromatic N) is 1. The predicted molar refractivity (Wildman–Crippen MR) is 79.7 cm³/mol. The van der Waals surface area contributed by atoms with Gasteiger partial charge in [0.05, 0.1) is 6.61 Å². The molecule has 1 aliphatic rings. The summed E-state index contributed by atoms with van der Waals surface area (Å²) >= 11 is 0. The highest BCUT2D eigenvalue weighted by atomic mass is 16.5. The zero-order valence-electron chi connectivity index (χ0n) is 12.1. The van der Waals surface area contributed by atoms with Gasteiger partial charge in [0.1, 0.15) is 17.3 Å². The molecule has 0 aliphatic carbocycles. The van der Waals surface area contributed by atoms with Gasteiger partial charge in [0.15, 0.2) is 0 Å². The fourth-order valence-corrected chi connectivity index (χ4v) is 2.59. The summed E-state index contributed by atoms with van der Waals surface area (Å²) in [5.41, 5.74) is 2.55. The fourth-order valence-electron chi connectivity index (χ4n) is 2.59. The number of nitrogens with one attached hydrogen (secondary N) is 2. The van der Waals surface area contributed by atoms with Gasteiger partial charge < -0.3 is 15.0 Å². The second-order valence-corrected chi connectivity index (χ2v) is 5.09. The van der Waals surface area contributed by atoms with Gasteiger partial charge in [-0.05, 0) is 25.8 Å². The first-order chi connectivity index (χ1) is 10.3. The van der Waals surface area contributed by atoms with Crippen molar-refractivity contribution in [2.24, 2.45) is 0 Å². The number of hydrogen-bond acceptors (Lipinski definition) is 3. The third-order valence-corrected chi connectivity index (χ3v) is 3.56. The van der Waals surface area contributed by atoms with Crippen molar-refractivity contribution in [1.82, 2.24) is 15.3 Å². The van der Waals surface area contributed by atoms with Crippen LogP contribution in [-0.2, 0) is 12.8 Å².